The van der Waals surface area contributed by atoms with E-state index >= 15 is 0 Å². The monoisotopic (exact) mass is 314 g/mol. The Morgan fingerprint density at radius 1 is 1.40 bits per heavy atom. The SMILES string of the molecule is CC(C)C1NC(=O)C(C)N(CCc2ccc(Cl)s2)C1=O. The van der Waals surface area contributed by atoms with E-state index in [1.165, 1.54) is 11.3 Å². The summed E-state index contributed by atoms with van der Waals surface area (Å²) in [5.74, 6) is 0.0277. The highest BCUT2D eigenvalue weighted by atomic mass is 35.5. The van der Waals surface area contributed by atoms with E-state index in [4.69, 9.17) is 11.6 Å². The first-order chi connectivity index (χ1) is 9.40. The molecule has 1 aromatic heterocycles. The molecule has 1 fully saturated rings. The first kappa shape index (κ1) is 15.3. The molecule has 0 aromatic carbocycles. The fraction of sp³-hybridized carbons (Fsp3) is 0.571. The Morgan fingerprint density at radius 3 is 2.65 bits per heavy atom. The molecule has 0 bridgehead atoms. The summed E-state index contributed by atoms with van der Waals surface area (Å²) in [7, 11) is 0. The van der Waals surface area contributed by atoms with Crippen molar-refractivity contribution < 1.29 is 9.59 Å². The van der Waals surface area contributed by atoms with Crippen molar-refractivity contribution in [2.24, 2.45) is 5.92 Å². The van der Waals surface area contributed by atoms with Crippen LogP contribution in [-0.4, -0.2) is 35.3 Å². The Bertz CT molecular complexity index is 515. The Labute approximate surface area is 128 Å². The summed E-state index contributed by atoms with van der Waals surface area (Å²) in [4.78, 5) is 27.2. The van der Waals surface area contributed by atoms with Crippen molar-refractivity contribution in [2.45, 2.75) is 39.3 Å². The summed E-state index contributed by atoms with van der Waals surface area (Å²) in [5.41, 5.74) is 0. The van der Waals surface area contributed by atoms with Crippen molar-refractivity contribution in [1.29, 1.82) is 0 Å². The van der Waals surface area contributed by atoms with Gasteiger partial charge in [-0.25, -0.2) is 0 Å². The maximum Gasteiger partial charge on any atom is 0.246 e. The number of rotatable bonds is 4. The Hall–Kier alpha value is -1.07. The minimum absolute atomic E-state index is 0.00903. The minimum Gasteiger partial charge on any atom is -0.342 e. The van der Waals surface area contributed by atoms with Crippen molar-refractivity contribution in [3.63, 3.8) is 0 Å². The van der Waals surface area contributed by atoms with Crippen molar-refractivity contribution in [1.82, 2.24) is 10.2 Å². The van der Waals surface area contributed by atoms with Crippen LogP contribution in [0.1, 0.15) is 25.6 Å². The molecule has 2 heterocycles. The summed E-state index contributed by atoms with van der Waals surface area (Å²) < 4.78 is 0.746. The van der Waals surface area contributed by atoms with E-state index in [1.54, 1.807) is 11.8 Å². The molecule has 4 nitrogen and oxygen atoms in total. The standard InChI is InChI=1S/C14H19ClN2O2S/c1-8(2)12-14(19)17(9(3)13(18)16-12)7-6-10-4-5-11(15)20-10/h4-5,8-9,12H,6-7H2,1-3H3,(H,16,18). The lowest BCUT2D eigenvalue weighted by atomic mass is 9.98. The van der Waals surface area contributed by atoms with Gasteiger partial charge in [0.25, 0.3) is 0 Å². The number of carbonyl (C=O) groups excluding carboxylic acids is 2. The van der Waals surface area contributed by atoms with Crippen LogP contribution in [0.15, 0.2) is 12.1 Å². The summed E-state index contributed by atoms with van der Waals surface area (Å²) >= 11 is 7.41. The van der Waals surface area contributed by atoms with Crippen molar-refractivity contribution in [3.8, 4) is 0 Å². The van der Waals surface area contributed by atoms with Gasteiger partial charge in [0.1, 0.15) is 12.1 Å². The zero-order chi connectivity index (χ0) is 14.9. The van der Waals surface area contributed by atoms with Gasteiger partial charge in [0.2, 0.25) is 11.8 Å². The van der Waals surface area contributed by atoms with Crippen LogP contribution in [0, 0.1) is 5.92 Å². The highest BCUT2D eigenvalue weighted by molar-refractivity contribution is 7.16. The number of thiophene rings is 1. The van der Waals surface area contributed by atoms with Crippen LogP contribution in [0.2, 0.25) is 4.34 Å². The Balaban J connectivity index is 2.07. The zero-order valence-electron chi connectivity index (χ0n) is 11.9. The van der Waals surface area contributed by atoms with Gasteiger partial charge in [-0.2, -0.15) is 0 Å². The molecule has 2 atom stereocenters. The van der Waals surface area contributed by atoms with E-state index in [1.807, 2.05) is 26.0 Å². The molecule has 20 heavy (non-hydrogen) atoms. The molecule has 2 unspecified atom stereocenters. The molecular weight excluding hydrogens is 296 g/mol. The topological polar surface area (TPSA) is 49.4 Å². The number of nitrogens with one attached hydrogen (secondary N) is 1. The highest BCUT2D eigenvalue weighted by Gasteiger charge is 2.38. The van der Waals surface area contributed by atoms with Crippen molar-refractivity contribution in [2.75, 3.05) is 6.54 Å². The fourth-order valence-corrected chi connectivity index (χ4v) is 3.40. The van der Waals surface area contributed by atoms with E-state index < -0.39 is 12.1 Å². The van der Waals surface area contributed by atoms with Gasteiger partial charge in [-0.3, -0.25) is 9.59 Å². The number of piperazine rings is 1. The van der Waals surface area contributed by atoms with Gasteiger partial charge in [0.05, 0.1) is 4.34 Å². The fourth-order valence-electron chi connectivity index (χ4n) is 2.32. The molecule has 1 saturated heterocycles. The average Bonchev–Trinajstić information content (AvgIpc) is 2.79. The van der Waals surface area contributed by atoms with E-state index in [9.17, 15) is 9.59 Å². The van der Waals surface area contributed by atoms with Gasteiger partial charge < -0.3 is 10.2 Å². The lowest BCUT2D eigenvalue weighted by molar-refractivity contribution is -0.149. The minimum atomic E-state index is -0.411. The number of amides is 2. The molecule has 0 radical (unpaired) electrons. The molecule has 1 aromatic rings. The van der Waals surface area contributed by atoms with Crippen LogP contribution in [0.25, 0.3) is 0 Å². The molecule has 2 rings (SSSR count). The van der Waals surface area contributed by atoms with Crippen LogP contribution >= 0.6 is 22.9 Å². The van der Waals surface area contributed by atoms with E-state index in [0.29, 0.717) is 6.54 Å². The average molecular weight is 315 g/mol. The van der Waals surface area contributed by atoms with Gasteiger partial charge >= 0.3 is 0 Å². The molecule has 1 aliphatic heterocycles. The molecule has 1 aliphatic rings. The maximum atomic E-state index is 12.4. The molecule has 1 N–H and O–H groups in total. The molecule has 110 valence electrons. The first-order valence-electron chi connectivity index (χ1n) is 6.75. The maximum absolute atomic E-state index is 12.4. The van der Waals surface area contributed by atoms with Gasteiger partial charge in [-0.1, -0.05) is 25.4 Å². The van der Waals surface area contributed by atoms with E-state index in [2.05, 4.69) is 5.32 Å². The van der Waals surface area contributed by atoms with Crippen LogP contribution < -0.4 is 5.32 Å². The second-order valence-electron chi connectivity index (χ2n) is 5.39. The third kappa shape index (κ3) is 3.15. The van der Waals surface area contributed by atoms with Crippen LogP contribution in [0.5, 0.6) is 0 Å². The second-order valence-corrected chi connectivity index (χ2v) is 7.19. The predicted octanol–water partition coefficient (Wildman–Crippen LogP) is 2.32. The van der Waals surface area contributed by atoms with Gasteiger partial charge in [0.15, 0.2) is 0 Å². The molecule has 0 saturated carbocycles. The summed E-state index contributed by atoms with van der Waals surface area (Å²) in [6.07, 6.45) is 0.728. The molecule has 2 amide bonds. The van der Waals surface area contributed by atoms with Crippen LogP contribution in [-0.2, 0) is 16.0 Å². The van der Waals surface area contributed by atoms with Gasteiger partial charge in [0, 0.05) is 11.4 Å². The number of nitrogens with zero attached hydrogens (tertiary/aromatic N) is 1. The van der Waals surface area contributed by atoms with Crippen molar-refractivity contribution >= 4 is 34.8 Å². The zero-order valence-corrected chi connectivity index (χ0v) is 13.4. The van der Waals surface area contributed by atoms with E-state index in [-0.39, 0.29) is 17.7 Å². The molecule has 0 spiro atoms. The Kier molecular flexibility index (Phi) is 4.70. The van der Waals surface area contributed by atoms with Gasteiger partial charge in [-0.05, 0) is 31.4 Å². The summed E-state index contributed by atoms with van der Waals surface area (Å²) in [6, 6.07) is 3.00. The number of halogens is 1. The predicted molar refractivity (Wildman–Crippen MR) is 81.0 cm³/mol. The van der Waals surface area contributed by atoms with Crippen LogP contribution in [0.4, 0.5) is 0 Å². The summed E-state index contributed by atoms with van der Waals surface area (Å²) in [6.45, 7) is 6.20. The number of carbonyl (C=O) groups is 2. The molecule has 0 aliphatic carbocycles. The third-order valence-corrected chi connectivity index (χ3v) is 4.88. The third-order valence-electron chi connectivity index (χ3n) is 3.59. The Morgan fingerprint density at radius 2 is 2.10 bits per heavy atom. The van der Waals surface area contributed by atoms with Crippen LogP contribution in [0.3, 0.4) is 0 Å². The number of hydrogen-bond donors (Lipinski definition) is 1. The second kappa shape index (κ2) is 6.14. The number of hydrogen-bond acceptors (Lipinski definition) is 3. The molecular formula is C14H19ClN2O2S. The smallest absolute Gasteiger partial charge is 0.246 e. The summed E-state index contributed by atoms with van der Waals surface area (Å²) in [5, 5.41) is 2.80. The first-order valence-corrected chi connectivity index (χ1v) is 7.94. The molecule has 6 heteroatoms. The normalized spacial score (nSPS) is 23.4. The highest BCUT2D eigenvalue weighted by Crippen LogP contribution is 2.23. The van der Waals surface area contributed by atoms with E-state index in [0.717, 1.165) is 15.6 Å². The lowest BCUT2D eigenvalue weighted by Crippen LogP contribution is -2.64. The largest absolute Gasteiger partial charge is 0.342 e. The van der Waals surface area contributed by atoms with Crippen molar-refractivity contribution in [3.05, 3.63) is 21.3 Å². The van der Waals surface area contributed by atoms with Gasteiger partial charge in [-0.15, -0.1) is 11.3 Å². The lowest BCUT2D eigenvalue weighted by Gasteiger charge is -2.38. The quantitative estimate of drug-likeness (QED) is 0.927.